The first-order valence-electron chi connectivity index (χ1n) is 8.91. The summed E-state index contributed by atoms with van der Waals surface area (Å²) < 4.78 is 21.5. The van der Waals surface area contributed by atoms with Crippen LogP contribution in [0.2, 0.25) is 0 Å². The van der Waals surface area contributed by atoms with Gasteiger partial charge in [0.15, 0.2) is 0 Å². The average Bonchev–Trinajstić information content (AvgIpc) is 2.89. The summed E-state index contributed by atoms with van der Waals surface area (Å²) in [5.41, 5.74) is 2.32. The van der Waals surface area contributed by atoms with Gasteiger partial charge in [0.1, 0.15) is 17.7 Å². The Labute approximate surface area is 153 Å². The van der Waals surface area contributed by atoms with Gasteiger partial charge in [-0.15, -0.1) is 0 Å². The van der Waals surface area contributed by atoms with Gasteiger partial charge in [-0.3, -0.25) is 9.58 Å². The Balaban J connectivity index is 1.77. The summed E-state index contributed by atoms with van der Waals surface area (Å²) in [5.74, 6) is 0.328. The fourth-order valence-corrected chi connectivity index (χ4v) is 3.40. The van der Waals surface area contributed by atoms with Crippen molar-refractivity contribution in [1.29, 1.82) is 0 Å². The number of likely N-dealkylation sites (N-methyl/N-ethyl adjacent to an activating group) is 1. The normalized spacial score (nSPS) is 16.4. The molecule has 26 heavy (non-hydrogen) atoms. The summed E-state index contributed by atoms with van der Waals surface area (Å²) in [7, 11) is 5.41. The SMILES string of the molecule is COc1cccc(F)c1CN1CCCn2nc(C(O)CN(C)C)cc2C1. The number of halogens is 1. The lowest BCUT2D eigenvalue weighted by atomic mass is 10.1. The molecule has 0 fully saturated rings. The molecule has 0 aliphatic carbocycles. The monoisotopic (exact) mass is 362 g/mol. The second kappa shape index (κ2) is 8.16. The number of benzene rings is 1. The third-order valence-corrected chi connectivity index (χ3v) is 4.67. The molecule has 1 aliphatic rings. The molecule has 1 atom stereocenters. The number of rotatable bonds is 6. The van der Waals surface area contributed by atoms with Gasteiger partial charge in [-0.25, -0.2) is 4.39 Å². The second-order valence-electron chi connectivity index (χ2n) is 7.05. The number of nitrogens with zero attached hydrogens (tertiary/aromatic N) is 4. The highest BCUT2D eigenvalue weighted by molar-refractivity contribution is 5.34. The van der Waals surface area contributed by atoms with Crippen LogP contribution in [0.5, 0.6) is 5.75 Å². The second-order valence-corrected chi connectivity index (χ2v) is 7.05. The number of methoxy groups -OCH3 is 1. The van der Waals surface area contributed by atoms with Crippen LogP contribution in [0.15, 0.2) is 24.3 Å². The molecule has 1 aromatic carbocycles. The largest absolute Gasteiger partial charge is 0.496 e. The summed E-state index contributed by atoms with van der Waals surface area (Å²) in [6, 6.07) is 6.88. The van der Waals surface area contributed by atoms with Gasteiger partial charge in [-0.2, -0.15) is 5.10 Å². The van der Waals surface area contributed by atoms with Crippen LogP contribution >= 0.6 is 0 Å². The van der Waals surface area contributed by atoms with E-state index in [0.717, 1.165) is 25.2 Å². The molecular weight excluding hydrogens is 335 g/mol. The molecule has 1 N–H and O–H groups in total. The summed E-state index contributed by atoms with van der Waals surface area (Å²) in [4.78, 5) is 4.13. The lowest BCUT2D eigenvalue weighted by Gasteiger charge is -2.21. The van der Waals surface area contributed by atoms with Crippen molar-refractivity contribution in [1.82, 2.24) is 19.6 Å². The number of aromatic nitrogens is 2. The highest BCUT2D eigenvalue weighted by atomic mass is 19.1. The van der Waals surface area contributed by atoms with E-state index in [1.54, 1.807) is 19.2 Å². The van der Waals surface area contributed by atoms with Crippen molar-refractivity contribution in [2.45, 2.75) is 32.2 Å². The number of aryl methyl sites for hydroxylation is 1. The number of ether oxygens (including phenoxy) is 1. The average molecular weight is 362 g/mol. The van der Waals surface area contributed by atoms with Crippen LogP contribution in [-0.2, 0) is 19.6 Å². The lowest BCUT2D eigenvalue weighted by Crippen LogP contribution is -2.23. The topological polar surface area (TPSA) is 53.8 Å². The standard InChI is InChI=1S/C19H27FN4O2/c1-22(2)13-18(25)17-10-14-11-23(8-5-9-24(14)21-17)12-15-16(20)6-4-7-19(15)26-3/h4,6-7,10,18,25H,5,8-9,11-13H2,1-3H3. The molecule has 1 aromatic heterocycles. The molecule has 6 nitrogen and oxygen atoms in total. The molecule has 0 amide bonds. The van der Waals surface area contributed by atoms with E-state index in [-0.39, 0.29) is 5.82 Å². The minimum atomic E-state index is -0.607. The van der Waals surface area contributed by atoms with Gasteiger partial charge < -0.3 is 14.7 Å². The van der Waals surface area contributed by atoms with Crippen LogP contribution in [0.4, 0.5) is 4.39 Å². The molecule has 7 heteroatoms. The predicted octanol–water partition coefficient (Wildman–Crippen LogP) is 2.03. The number of aliphatic hydroxyl groups excluding tert-OH is 1. The van der Waals surface area contributed by atoms with Crippen LogP contribution in [0.25, 0.3) is 0 Å². The van der Waals surface area contributed by atoms with Crippen LogP contribution in [0.1, 0.15) is 29.5 Å². The Hall–Kier alpha value is -1.96. The maximum absolute atomic E-state index is 14.3. The number of aliphatic hydroxyl groups is 1. The van der Waals surface area contributed by atoms with E-state index in [9.17, 15) is 9.50 Å². The zero-order valence-electron chi connectivity index (χ0n) is 15.7. The number of hydrogen-bond donors (Lipinski definition) is 1. The Morgan fingerprint density at radius 2 is 2.15 bits per heavy atom. The quantitative estimate of drug-likeness (QED) is 0.852. The fraction of sp³-hybridized carbons (Fsp3) is 0.526. The smallest absolute Gasteiger partial charge is 0.131 e. The first-order chi connectivity index (χ1) is 12.5. The zero-order chi connectivity index (χ0) is 18.7. The van der Waals surface area contributed by atoms with E-state index >= 15 is 0 Å². The maximum atomic E-state index is 14.3. The number of fused-ring (bicyclic) bond motifs is 1. The van der Waals surface area contributed by atoms with Crippen LogP contribution in [0, 0.1) is 5.82 Å². The van der Waals surface area contributed by atoms with Crippen molar-refractivity contribution in [2.24, 2.45) is 0 Å². The van der Waals surface area contributed by atoms with Crippen molar-refractivity contribution in [3.8, 4) is 5.75 Å². The molecule has 3 rings (SSSR count). The highest BCUT2D eigenvalue weighted by Gasteiger charge is 2.22. The molecule has 1 unspecified atom stereocenters. The summed E-state index contributed by atoms with van der Waals surface area (Å²) in [5, 5.41) is 14.9. The first kappa shape index (κ1) is 18.8. The Bertz CT molecular complexity index is 747. The van der Waals surface area contributed by atoms with E-state index in [1.165, 1.54) is 6.07 Å². The molecule has 0 spiro atoms. The van der Waals surface area contributed by atoms with Crippen LogP contribution in [0.3, 0.4) is 0 Å². The Morgan fingerprint density at radius 3 is 2.88 bits per heavy atom. The van der Waals surface area contributed by atoms with Crippen LogP contribution in [-0.4, -0.2) is 59.0 Å². The van der Waals surface area contributed by atoms with E-state index in [0.29, 0.717) is 36.6 Å². The van der Waals surface area contributed by atoms with E-state index in [1.807, 2.05) is 29.7 Å². The van der Waals surface area contributed by atoms with Gasteiger partial charge in [0, 0.05) is 38.3 Å². The minimum Gasteiger partial charge on any atom is -0.496 e. The van der Waals surface area contributed by atoms with Crippen molar-refractivity contribution in [3.63, 3.8) is 0 Å². The van der Waals surface area contributed by atoms with Crippen molar-refractivity contribution >= 4 is 0 Å². The molecule has 0 saturated carbocycles. The van der Waals surface area contributed by atoms with E-state index < -0.39 is 6.10 Å². The van der Waals surface area contributed by atoms with Gasteiger partial charge in [0.05, 0.1) is 18.5 Å². The Morgan fingerprint density at radius 1 is 1.35 bits per heavy atom. The lowest BCUT2D eigenvalue weighted by molar-refractivity contribution is 0.133. The highest BCUT2D eigenvalue weighted by Crippen LogP contribution is 2.25. The predicted molar refractivity (Wildman–Crippen MR) is 97.4 cm³/mol. The molecule has 142 valence electrons. The van der Waals surface area contributed by atoms with Gasteiger partial charge >= 0.3 is 0 Å². The molecule has 2 heterocycles. The summed E-state index contributed by atoms with van der Waals surface area (Å²) >= 11 is 0. The minimum absolute atomic E-state index is 0.246. The van der Waals surface area contributed by atoms with Gasteiger partial charge in [-0.1, -0.05) is 6.07 Å². The molecule has 1 aliphatic heterocycles. The molecule has 0 bridgehead atoms. The molecule has 0 saturated heterocycles. The molecule has 0 radical (unpaired) electrons. The summed E-state index contributed by atoms with van der Waals surface area (Å²) in [6.07, 6.45) is 0.318. The van der Waals surface area contributed by atoms with E-state index in [2.05, 4.69) is 10.00 Å². The van der Waals surface area contributed by atoms with Crippen molar-refractivity contribution in [3.05, 3.63) is 47.0 Å². The third kappa shape index (κ3) is 4.23. The van der Waals surface area contributed by atoms with Crippen LogP contribution < -0.4 is 4.74 Å². The maximum Gasteiger partial charge on any atom is 0.131 e. The molecule has 2 aromatic rings. The zero-order valence-corrected chi connectivity index (χ0v) is 15.7. The number of hydrogen-bond acceptors (Lipinski definition) is 5. The van der Waals surface area contributed by atoms with Gasteiger partial charge in [0.25, 0.3) is 0 Å². The van der Waals surface area contributed by atoms with Crippen molar-refractivity contribution < 1.29 is 14.2 Å². The Kier molecular flexibility index (Phi) is 5.90. The van der Waals surface area contributed by atoms with Gasteiger partial charge in [-0.05, 0) is 38.7 Å². The fourth-order valence-electron chi connectivity index (χ4n) is 3.40. The molecular formula is C19H27FN4O2. The van der Waals surface area contributed by atoms with E-state index in [4.69, 9.17) is 4.74 Å². The van der Waals surface area contributed by atoms with Crippen molar-refractivity contribution in [2.75, 3.05) is 34.3 Å². The third-order valence-electron chi connectivity index (χ3n) is 4.67. The summed E-state index contributed by atoms with van der Waals surface area (Å²) in [6.45, 7) is 3.34. The van der Waals surface area contributed by atoms with Gasteiger partial charge in [0.2, 0.25) is 0 Å². The first-order valence-corrected chi connectivity index (χ1v) is 8.91.